The van der Waals surface area contributed by atoms with Crippen LogP contribution in [-0.4, -0.2) is 51.7 Å². The fraction of sp³-hybridized carbons (Fsp3) is 0.778. The summed E-state index contributed by atoms with van der Waals surface area (Å²) in [5.74, 6) is -0.190. The molecule has 0 heterocycles. The van der Waals surface area contributed by atoms with E-state index in [1.165, 1.54) is 0 Å². The van der Waals surface area contributed by atoms with Gasteiger partial charge in [0.25, 0.3) is 0 Å². The molecule has 0 saturated heterocycles. The third-order valence-corrected chi connectivity index (χ3v) is 1.49. The van der Waals surface area contributed by atoms with E-state index in [0.29, 0.717) is 39.3 Å². The van der Waals surface area contributed by atoms with Crippen LogP contribution in [0.25, 0.3) is 0 Å². The number of carbonyl (C=O) groups is 2. The van der Waals surface area contributed by atoms with Crippen molar-refractivity contribution in [1.82, 2.24) is 5.32 Å². The summed E-state index contributed by atoms with van der Waals surface area (Å²) < 4.78 is 10.2. The maximum atomic E-state index is 10.9. The highest BCUT2D eigenvalue weighted by Gasteiger charge is 1.99. The molecule has 6 heteroatoms. The largest absolute Gasteiger partial charge is 0.379 e. The molecule has 15 heavy (non-hydrogen) atoms. The normalized spacial score (nSPS) is 9.93. The smallest absolute Gasteiger partial charge is 0.222 e. The highest BCUT2D eigenvalue weighted by Crippen LogP contribution is 1.83. The number of hydrogen-bond acceptors (Lipinski definition) is 5. The van der Waals surface area contributed by atoms with Crippen LogP contribution < -0.4 is 11.1 Å². The highest BCUT2D eigenvalue weighted by atomic mass is 16.5. The molecule has 0 aromatic carbocycles. The Morgan fingerprint density at radius 2 is 1.87 bits per heavy atom. The summed E-state index contributed by atoms with van der Waals surface area (Å²) in [6, 6.07) is 0. The first-order chi connectivity index (χ1) is 7.31. The van der Waals surface area contributed by atoms with Crippen LogP contribution in [0.3, 0.4) is 0 Å². The number of aldehydes is 1. The number of rotatable bonds is 10. The van der Waals surface area contributed by atoms with E-state index < -0.39 is 0 Å². The van der Waals surface area contributed by atoms with Crippen molar-refractivity contribution in [3.05, 3.63) is 0 Å². The molecule has 0 aliphatic heterocycles. The summed E-state index contributed by atoms with van der Waals surface area (Å²) in [5, 5.41) is 2.41. The Morgan fingerprint density at radius 3 is 2.47 bits per heavy atom. The molecule has 0 radical (unpaired) electrons. The zero-order valence-corrected chi connectivity index (χ0v) is 8.74. The van der Waals surface area contributed by atoms with Crippen LogP contribution in [-0.2, 0) is 19.1 Å². The monoisotopic (exact) mass is 218 g/mol. The lowest BCUT2D eigenvalue weighted by Gasteiger charge is -2.04. The Balaban J connectivity index is 3.09. The van der Waals surface area contributed by atoms with Crippen LogP contribution in [0.15, 0.2) is 0 Å². The molecule has 1 amide bonds. The SMILES string of the molecule is NCCOCCOCCC(=O)NCC=O. The van der Waals surface area contributed by atoms with Gasteiger partial charge in [0.05, 0.1) is 33.0 Å². The number of ether oxygens (including phenoxy) is 2. The molecule has 0 unspecified atom stereocenters. The molecule has 0 saturated carbocycles. The molecule has 0 bridgehead atoms. The van der Waals surface area contributed by atoms with Crippen LogP contribution in [0, 0.1) is 0 Å². The lowest BCUT2D eigenvalue weighted by atomic mass is 10.4. The minimum atomic E-state index is -0.190. The highest BCUT2D eigenvalue weighted by molar-refractivity contribution is 5.78. The number of amides is 1. The molecule has 88 valence electrons. The van der Waals surface area contributed by atoms with Crippen LogP contribution in [0.2, 0.25) is 0 Å². The van der Waals surface area contributed by atoms with Crippen molar-refractivity contribution in [2.75, 3.05) is 39.5 Å². The van der Waals surface area contributed by atoms with Gasteiger partial charge in [0, 0.05) is 13.0 Å². The van der Waals surface area contributed by atoms with Crippen LogP contribution in [0.5, 0.6) is 0 Å². The van der Waals surface area contributed by atoms with Crippen molar-refractivity contribution >= 4 is 12.2 Å². The number of nitrogens with one attached hydrogen (secondary N) is 1. The van der Waals surface area contributed by atoms with Gasteiger partial charge in [-0.3, -0.25) is 4.79 Å². The van der Waals surface area contributed by atoms with E-state index in [1.54, 1.807) is 0 Å². The molecule has 0 aromatic heterocycles. The van der Waals surface area contributed by atoms with Gasteiger partial charge < -0.3 is 25.3 Å². The minimum absolute atomic E-state index is 0.0540. The fourth-order valence-corrected chi connectivity index (χ4v) is 0.814. The molecule has 0 aliphatic carbocycles. The van der Waals surface area contributed by atoms with Gasteiger partial charge in [0.15, 0.2) is 0 Å². The first-order valence-electron chi connectivity index (χ1n) is 4.87. The van der Waals surface area contributed by atoms with Gasteiger partial charge in [0.1, 0.15) is 6.29 Å². The van der Waals surface area contributed by atoms with Crippen LogP contribution in [0.1, 0.15) is 6.42 Å². The van der Waals surface area contributed by atoms with Gasteiger partial charge in [-0.1, -0.05) is 0 Å². The topological polar surface area (TPSA) is 90.7 Å². The van der Waals surface area contributed by atoms with Crippen molar-refractivity contribution in [2.45, 2.75) is 6.42 Å². The summed E-state index contributed by atoms with van der Waals surface area (Å²) in [6.07, 6.45) is 0.893. The van der Waals surface area contributed by atoms with E-state index >= 15 is 0 Å². The maximum Gasteiger partial charge on any atom is 0.222 e. The van der Waals surface area contributed by atoms with Crippen molar-refractivity contribution < 1.29 is 19.1 Å². The van der Waals surface area contributed by atoms with E-state index in [0.717, 1.165) is 0 Å². The number of carbonyl (C=O) groups excluding carboxylic acids is 2. The summed E-state index contributed by atoms with van der Waals surface area (Å²) in [7, 11) is 0. The number of nitrogens with two attached hydrogens (primary N) is 1. The van der Waals surface area contributed by atoms with Crippen molar-refractivity contribution in [2.24, 2.45) is 5.73 Å². The predicted molar refractivity (Wildman–Crippen MR) is 54.4 cm³/mol. The summed E-state index contributed by atoms with van der Waals surface area (Å²) >= 11 is 0. The van der Waals surface area contributed by atoms with Crippen molar-refractivity contribution in [3.8, 4) is 0 Å². The van der Waals surface area contributed by atoms with E-state index in [-0.39, 0.29) is 18.9 Å². The Labute approximate surface area is 89.1 Å². The summed E-state index contributed by atoms with van der Waals surface area (Å²) in [6.45, 7) is 2.32. The average Bonchev–Trinajstić information content (AvgIpc) is 2.25. The van der Waals surface area contributed by atoms with Crippen molar-refractivity contribution in [1.29, 1.82) is 0 Å². The summed E-state index contributed by atoms with van der Waals surface area (Å²) in [5.41, 5.74) is 5.21. The Kier molecular flexibility index (Phi) is 10.4. The molecule has 6 nitrogen and oxygen atoms in total. The van der Waals surface area contributed by atoms with E-state index in [1.807, 2.05) is 0 Å². The molecular weight excluding hydrogens is 200 g/mol. The average molecular weight is 218 g/mol. The van der Waals surface area contributed by atoms with Crippen molar-refractivity contribution in [3.63, 3.8) is 0 Å². The second-order valence-electron chi connectivity index (χ2n) is 2.73. The zero-order valence-electron chi connectivity index (χ0n) is 8.74. The molecule has 0 spiro atoms. The van der Waals surface area contributed by atoms with Crippen LogP contribution >= 0.6 is 0 Å². The molecular formula is C9H18N2O4. The molecule has 0 aliphatic rings. The van der Waals surface area contributed by atoms with Gasteiger partial charge in [-0.05, 0) is 0 Å². The fourth-order valence-electron chi connectivity index (χ4n) is 0.814. The molecule has 3 N–H and O–H groups in total. The maximum absolute atomic E-state index is 10.9. The Morgan fingerprint density at radius 1 is 1.20 bits per heavy atom. The van der Waals surface area contributed by atoms with Crippen LogP contribution in [0.4, 0.5) is 0 Å². The zero-order chi connectivity index (χ0) is 11.4. The predicted octanol–water partition coefficient (Wildman–Crippen LogP) is -1.32. The lowest BCUT2D eigenvalue weighted by Crippen LogP contribution is -2.26. The van der Waals surface area contributed by atoms with Gasteiger partial charge in [-0.15, -0.1) is 0 Å². The quantitative estimate of drug-likeness (QED) is 0.351. The molecule has 0 aromatic rings. The first kappa shape index (κ1) is 14.0. The van der Waals surface area contributed by atoms with Gasteiger partial charge in [-0.2, -0.15) is 0 Å². The van der Waals surface area contributed by atoms with Gasteiger partial charge in [0.2, 0.25) is 5.91 Å². The third-order valence-electron chi connectivity index (χ3n) is 1.49. The van der Waals surface area contributed by atoms with E-state index in [2.05, 4.69) is 5.32 Å². The second-order valence-corrected chi connectivity index (χ2v) is 2.73. The minimum Gasteiger partial charge on any atom is -0.379 e. The Hall–Kier alpha value is -0.980. The standard InChI is InChI=1S/C9H18N2O4/c10-2-6-15-8-7-14-5-1-9(13)11-3-4-12/h4H,1-3,5-8,10H2,(H,11,13). The van der Waals surface area contributed by atoms with E-state index in [9.17, 15) is 9.59 Å². The molecule has 0 rings (SSSR count). The summed E-state index contributed by atoms with van der Waals surface area (Å²) in [4.78, 5) is 20.9. The molecule has 0 fully saturated rings. The first-order valence-corrected chi connectivity index (χ1v) is 4.87. The van der Waals surface area contributed by atoms with E-state index in [4.69, 9.17) is 15.2 Å². The lowest BCUT2D eigenvalue weighted by molar-refractivity contribution is -0.123. The third kappa shape index (κ3) is 10.9. The van der Waals surface area contributed by atoms with Gasteiger partial charge >= 0.3 is 0 Å². The number of hydrogen-bond donors (Lipinski definition) is 2. The molecule has 0 atom stereocenters. The second kappa shape index (κ2) is 11.1. The Bertz CT molecular complexity index is 175. The van der Waals surface area contributed by atoms with Gasteiger partial charge in [-0.25, -0.2) is 0 Å².